The zero-order valence-electron chi connectivity index (χ0n) is 9.07. The van der Waals surface area contributed by atoms with Gasteiger partial charge in [0.05, 0.1) is 0 Å². The molecule has 17 heavy (non-hydrogen) atoms. The van der Waals surface area contributed by atoms with Gasteiger partial charge in [-0.3, -0.25) is 18.7 Å². The van der Waals surface area contributed by atoms with E-state index in [1.54, 1.807) is 0 Å². The first-order valence-electron chi connectivity index (χ1n) is 4.76. The summed E-state index contributed by atoms with van der Waals surface area (Å²) in [6.45, 7) is 0. The molecule has 4 N–H and O–H groups in total. The first-order chi connectivity index (χ1) is 7.63. The number of rotatable bonds is 7. The Hall–Kier alpha value is -1.19. The molecule has 0 saturated carbocycles. The maximum Gasteiger partial charge on any atom is 0.394 e. The molecule has 0 amide bonds. The van der Waals surface area contributed by atoms with Crippen LogP contribution >= 0.6 is 0 Å². The smallest absolute Gasteiger partial charge is 0.394 e. The van der Waals surface area contributed by atoms with Gasteiger partial charge in [0.1, 0.15) is 0 Å². The van der Waals surface area contributed by atoms with Crippen LogP contribution in [0.25, 0.3) is 0 Å². The van der Waals surface area contributed by atoms with Gasteiger partial charge in [0, 0.05) is 12.8 Å². The van der Waals surface area contributed by atoms with Gasteiger partial charge in [-0.25, -0.2) is 0 Å². The van der Waals surface area contributed by atoms with Crippen molar-refractivity contribution in [3.63, 3.8) is 0 Å². The van der Waals surface area contributed by atoms with Gasteiger partial charge in [-0.1, -0.05) is 12.8 Å². The Morgan fingerprint density at radius 3 is 1.18 bits per heavy atom. The van der Waals surface area contributed by atoms with E-state index in [1.165, 1.54) is 0 Å². The SMILES string of the molecule is O=C(O)CCCCCCC(=O)O.O=S(=O)(O)O. The monoisotopic (exact) mass is 272 g/mol. The minimum absolute atomic E-state index is 0.188. The zero-order chi connectivity index (χ0) is 13.9. The highest BCUT2D eigenvalue weighted by Crippen LogP contribution is 2.04. The fourth-order valence-electron chi connectivity index (χ4n) is 0.906. The van der Waals surface area contributed by atoms with Crippen LogP contribution in [0.4, 0.5) is 0 Å². The Labute approximate surface area is 98.8 Å². The molecule has 0 atom stereocenters. The van der Waals surface area contributed by atoms with Crippen molar-refractivity contribution in [1.29, 1.82) is 0 Å². The Balaban J connectivity index is 0. The molecule has 102 valence electrons. The number of aliphatic carboxylic acids is 2. The van der Waals surface area contributed by atoms with Crippen molar-refractivity contribution in [3.05, 3.63) is 0 Å². The summed E-state index contributed by atoms with van der Waals surface area (Å²) in [6, 6.07) is 0. The fraction of sp³-hybridized carbons (Fsp3) is 0.750. The van der Waals surface area contributed by atoms with Crippen molar-refractivity contribution < 1.29 is 37.3 Å². The van der Waals surface area contributed by atoms with Crippen molar-refractivity contribution in [3.8, 4) is 0 Å². The van der Waals surface area contributed by atoms with Gasteiger partial charge in [-0.15, -0.1) is 0 Å². The van der Waals surface area contributed by atoms with E-state index in [2.05, 4.69) is 0 Å². The summed E-state index contributed by atoms with van der Waals surface area (Å²) in [5.41, 5.74) is 0. The number of hydrogen-bond acceptors (Lipinski definition) is 4. The number of carboxylic acids is 2. The normalized spacial score (nSPS) is 10.2. The zero-order valence-corrected chi connectivity index (χ0v) is 9.89. The number of unbranched alkanes of at least 4 members (excludes halogenated alkanes) is 3. The first kappa shape index (κ1) is 18.2. The first-order valence-corrected chi connectivity index (χ1v) is 6.16. The molecule has 0 unspecified atom stereocenters. The van der Waals surface area contributed by atoms with E-state index in [1.807, 2.05) is 0 Å². The molecule has 0 fully saturated rings. The molecule has 0 aliphatic carbocycles. The minimum atomic E-state index is -4.67. The van der Waals surface area contributed by atoms with E-state index in [0.29, 0.717) is 12.8 Å². The van der Waals surface area contributed by atoms with Crippen LogP contribution in [0.3, 0.4) is 0 Å². The second kappa shape index (κ2) is 10.00. The van der Waals surface area contributed by atoms with Gasteiger partial charge < -0.3 is 10.2 Å². The third-order valence-corrected chi connectivity index (χ3v) is 1.53. The molecule has 0 saturated heterocycles. The van der Waals surface area contributed by atoms with Crippen molar-refractivity contribution in [2.24, 2.45) is 0 Å². The average Bonchev–Trinajstić information content (AvgIpc) is 2.07. The van der Waals surface area contributed by atoms with Crippen LogP contribution in [0.15, 0.2) is 0 Å². The lowest BCUT2D eigenvalue weighted by atomic mass is 10.1. The van der Waals surface area contributed by atoms with Crippen LogP contribution in [-0.4, -0.2) is 39.7 Å². The summed E-state index contributed by atoms with van der Waals surface area (Å²) < 4.78 is 31.6. The van der Waals surface area contributed by atoms with Crippen LogP contribution in [0.1, 0.15) is 38.5 Å². The Morgan fingerprint density at radius 1 is 0.765 bits per heavy atom. The summed E-state index contributed by atoms with van der Waals surface area (Å²) in [6.07, 6.45) is 3.28. The van der Waals surface area contributed by atoms with Crippen molar-refractivity contribution in [1.82, 2.24) is 0 Å². The average molecular weight is 272 g/mol. The van der Waals surface area contributed by atoms with Gasteiger partial charge in [0.25, 0.3) is 0 Å². The lowest BCUT2D eigenvalue weighted by Crippen LogP contribution is -1.95. The summed E-state index contributed by atoms with van der Waals surface area (Å²) in [5.74, 6) is -1.57. The van der Waals surface area contributed by atoms with Gasteiger partial charge in [-0.2, -0.15) is 8.42 Å². The summed E-state index contributed by atoms with van der Waals surface area (Å²) >= 11 is 0. The maximum atomic E-state index is 10.0. The van der Waals surface area contributed by atoms with Crippen molar-refractivity contribution in [2.75, 3.05) is 0 Å². The number of carboxylic acid groups (broad SMARTS) is 2. The lowest BCUT2D eigenvalue weighted by molar-refractivity contribution is -0.138. The standard InChI is InChI=1S/C8H14O4.H2O4S/c9-7(10)5-3-1-2-4-6-8(11)12;1-5(2,3)4/h1-6H2,(H,9,10)(H,11,12);(H2,1,2,3,4). The molecule has 0 aliphatic heterocycles. The second-order valence-corrected chi connectivity index (χ2v) is 4.05. The molecular formula is C8H16O8S. The Morgan fingerprint density at radius 2 is 1.00 bits per heavy atom. The molecular weight excluding hydrogens is 256 g/mol. The fourth-order valence-corrected chi connectivity index (χ4v) is 0.906. The molecule has 0 heterocycles. The third-order valence-electron chi connectivity index (χ3n) is 1.53. The molecule has 0 aromatic carbocycles. The largest absolute Gasteiger partial charge is 0.481 e. The Kier molecular flexibility index (Phi) is 10.7. The summed E-state index contributed by atoms with van der Waals surface area (Å²) in [7, 11) is -4.67. The predicted octanol–water partition coefficient (Wildman–Crippen LogP) is 0.843. The summed E-state index contributed by atoms with van der Waals surface area (Å²) in [5, 5.41) is 16.5. The van der Waals surface area contributed by atoms with Crippen LogP contribution in [0.5, 0.6) is 0 Å². The lowest BCUT2D eigenvalue weighted by Gasteiger charge is -1.96. The van der Waals surface area contributed by atoms with E-state index in [-0.39, 0.29) is 12.8 Å². The molecule has 0 rings (SSSR count). The third kappa shape index (κ3) is 39.8. The van der Waals surface area contributed by atoms with E-state index >= 15 is 0 Å². The van der Waals surface area contributed by atoms with Crippen LogP contribution < -0.4 is 0 Å². The number of carbonyl (C=O) groups is 2. The van der Waals surface area contributed by atoms with Crippen molar-refractivity contribution >= 4 is 22.3 Å². The van der Waals surface area contributed by atoms with Crippen LogP contribution in [0.2, 0.25) is 0 Å². The topological polar surface area (TPSA) is 149 Å². The molecule has 0 aromatic heterocycles. The van der Waals surface area contributed by atoms with Crippen LogP contribution in [0, 0.1) is 0 Å². The molecule has 0 aromatic rings. The molecule has 8 nitrogen and oxygen atoms in total. The van der Waals surface area contributed by atoms with Crippen molar-refractivity contribution in [2.45, 2.75) is 38.5 Å². The van der Waals surface area contributed by atoms with Gasteiger partial charge in [0.15, 0.2) is 0 Å². The van der Waals surface area contributed by atoms with Gasteiger partial charge in [-0.05, 0) is 12.8 Å². The highest BCUT2D eigenvalue weighted by atomic mass is 32.3. The van der Waals surface area contributed by atoms with Gasteiger partial charge >= 0.3 is 22.3 Å². The molecule has 0 spiro atoms. The molecule has 0 radical (unpaired) electrons. The Bertz CT molecular complexity index is 294. The maximum absolute atomic E-state index is 10.0. The van der Waals surface area contributed by atoms with E-state index < -0.39 is 22.3 Å². The highest BCUT2D eigenvalue weighted by molar-refractivity contribution is 7.79. The number of hydrogen-bond donors (Lipinski definition) is 4. The van der Waals surface area contributed by atoms with E-state index in [4.69, 9.17) is 27.7 Å². The van der Waals surface area contributed by atoms with E-state index in [9.17, 15) is 9.59 Å². The van der Waals surface area contributed by atoms with Gasteiger partial charge in [0.2, 0.25) is 0 Å². The summed E-state index contributed by atoms with van der Waals surface area (Å²) in [4.78, 5) is 20.1. The minimum Gasteiger partial charge on any atom is -0.481 e. The van der Waals surface area contributed by atoms with E-state index in [0.717, 1.165) is 12.8 Å². The second-order valence-electron chi connectivity index (χ2n) is 3.15. The highest BCUT2D eigenvalue weighted by Gasteiger charge is 1.98. The quantitative estimate of drug-likeness (QED) is 0.393. The van der Waals surface area contributed by atoms with Crippen LogP contribution in [-0.2, 0) is 20.0 Å². The predicted molar refractivity (Wildman–Crippen MR) is 57.2 cm³/mol. The molecule has 0 bridgehead atoms. The molecule has 0 aliphatic rings. The molecule has 9 heteroatoms.